The first-order valence-electron chi connectivity index (χ1n) is 9.14. The van der Waals surface area contributed by atoms with E-state index >= 15 is 0 Å². The molecule has 0 spiro atoms. The quantitative estimate of drug-likeness (QED) is 0.164. The lowest BCUT2D eigenvalue weighted by Gasteiger charge is -2.16. The monoisotopic (exact) mass is 389 g/mol. The molecule has 0 bridgehead atoms. The van der Waals surface area contributed by atoms with Gasteiger partial charge in [-0.25, -0.2) is 4.79 Å². The maximum Gasteiger partial charge on any atom is 0.337 e. The van der Waals surface area contributed by atoms with Crippen LogP contribution in [0.2, 0.25) is 0 Å². The average molecular weight is 389 g/mol. The summed E-state index contributed by atoms with van der Waals surface area (Å²) in [5, 5.41) is 12.4. The number of nitrogens with one attached hydrogen (secondary N) is 1. The molecule has 7 nitrogen and oxygen atoms in total. The number of allylic oxidation sites excluding steroid dienone is 5. The van der Waals surface area contributed by atoms with Gasteiger partial charge in [-0.05, 0) is 52.2 Å². The summed E-state index contributed by atoms with van der Waals surface area (Å²) in [7, 11) is 1.34. The maximum atomic E-state index is 12.6. The van der Waals surface area contributed by atoms with Gasteiger partial charge < -0.3 is 19.9 Å². The SMILES string of the molecule is C\C=C(/C=C(C)/C=C/CC/C=C(\C)C(=O)[C@]12O[C@H]1[C@](C)(O)NC2=O)C(=O)OC. The zero-order chi connectivity index (χ0) is 21.1. The van der Waals surface area contributed by atoms with Gasteiger partial charge in [0, 0.05) is 0 Å². The second-order valence-electron chi connectivity index (χ2n) is 7.16. The van der Waals surface area contributed by atoms with Crippen LogP contribution in [0.5, 0.6) is 0 Å². The van der Waals surface area contributed by atoms with Crippen LogP contribution >= 0.6 is 0 Å². The molecular weight excluding hydrogens is 362 g/mol. The Morgan fingerprint density at radius 3 is 2.50 bits per heavy atom. The maximum absolute atomic E-state index is 12.6. The Morgan fingerprint density at radius 1 is 1.32 bits per heavy atom. The van der Waals surface area contributed by atoms with E-state index in [9.17, 15) is 19.5 Å². The number of esters is 1. The minimum absolute atomic E-state index is 0.387. The van der Waals surface area contributed by atoms with Gasteiger partial charge in [-0.2, -0.15) is 0 Å². The summed E-state index contributed by atoms with van der Waals surface area (Å²) in [6.45, 7) is 6.69. The molecule has 0 saturated carbocycles. The zero-order valence-corrected chi connectivity index (χ0v) is 16.9. The van der Waals surface area contributed by atoms with Gasteiger partial charge >= 0.3 is 5.97 Å². The zero-order valence-electron chi connectivity index (χ0n) is 16.9. The standard InChI is InChI=1S/C21H27NO6/c1-6-15(17(24)27-5)12-13(2)10-8-7-9-11-14(3)16(23)21-18(28-21)20(4,26)22-19(21)25/h6,8,10-12,18,26H,7,9H2,1-5H3,(H,22,25)/b10-8+,13-12+,14-11+,15-6+/t18-,20-,21-/m0/s1. The summed E-state index contributed by atoms with van der Waals surface area (Å²) in [6.07, 6.45) is 9.45. The summed E-state index contributed by atoms with van der Waals surface area (Å²) in [5.74, 6) is -1.39. The molecule has 2 fully saturated rings. The van der Waals surface area contributed by atoms with E-state index in [2.05, 4.69) is 5.32 Å². The molecule has 2 aliphatic rings. The molecule has 2 N–H and O–H groups in total. The molecule has 0 radical (unpaired) electrons. The fourth-order valence-corrected chi connectivity index (χ4v) is 3.22. The number of fused-ring (bicyclic) bond motifs is 1. The van der Waals surface area contributed by atoms with E-state index in [1.54, 1.807) is 32.1 Å². The number of ketones is 1. The first-order valence-corrected chi connectivity index (χ1v) is 9.14. The molecule has 2 aliphatic heterocycles. The predicted octanol–water partition coefficient (Wildman–Crippen LogP) is 1.88. The largest absolute Gasteiger partial charge is 0.465 e. The van der Waals surface area contributed by atoms with Crippen molar-refractivity contribution in [2.24, 2.45) is 0 Å². The predicted molar refractivity (Wildman–Crippen MR) is 103 cm³/mol. The highest BCUT2D eigenvalue weighted by Gasteiger charge is 2.79. The van der Waals surface area contributed by atoms with E-state index in [4.69, 9.17) is 9.47 Å². The minimum Gasteiger partial charge on any atom is -0.465 e. The molecule has 0 aromatic heterocycles. The molecule has 2 heterocycles. The molecule has 1 amide bonds. The van der Waals surface area contributed by atoms with Crippen LogP contribution in [-0.4, -0.2) is 47.3 Å². The van der Waals surface area contributed by atoms with Crippen LogP contribution in [0.3, 0.4) is 0 Å². The Kier molecular flexibility index (Phi) is 6.41. The van der Waals surface area contributed by atoms with Gasteiger partial charge in [0.25, 0.3) is 5.91 Å². The van der Waals surface area contributed by atoms with Crippen molar-refractivity contribution in [2.75, 3.05) is 7.11 Å². The number of morpholine rings is 1. The number of aliphatic hydroxyl groups is 1. The van der Waals surface area contributed by atoms with Gasteiger partial charge in [-0.1, -0.05) is 29.9 Å². The average Bonchev–Trinajstić information content (AvgIpc) is 3.38. The molecule has 2 rings (SSSR count). The number of unbranched alkanes of at least 4 members (excludes halogenated alkanes) is 1. The third-order valence-electron chi connectivity index (χ3n) is 4.81. The number of carbonyl (C=O) groups excluding carboxylic acids is 3. The number of carbonyl (C=O) groups is 3. The third kappa shape index (κ3) is 4.15. The Bertz CT molecular complexity index is 802. The molecule has 152 valence electrons. The van der Waals surface area contributed by atoms with Crippen LogP contribution in [0.15, 0.2) is 47.1 Å². The van der Waals surface area contributed by atoms with Crippen molar-refractivity contribution in [3.8, 4) is 0 Å². The highest BCUT2D eigenvalue weighted by molar-refractivity contribution is 6.21. The van der Waals surface area contributed by atoms with Crippen molar-refractivity contribution < 1.29 is 29.0 Å². The number of epoxide rings is 1. The number of methoxy groups -OCH3 is 1. The third-order valence-corrected chi connectivity index (χ3v) is 4.81. The highest BCUT2D eigenvalue weighted by atomic mass is 16.6. The van der Waals surface area contributed by atoms with Crippen molar-refractivity contribution in [2.45, 2.75) is 58.0 Å². The van der Waals surface area contributed by atoms with Crippen molar-refractivity contribution >= 4 is 17.7 Å². The summed E-state index contributed by atoms with van der Waals surface area (Å²) >= 11 is 0. The van der Waals surface area contributed by atoms with E-state index in [0.717, 1.165) is 5.57 Å². The normalized spacial score (nSPS) is 30.3. The van der Waals surface area contributed by atoms with E-state index in [1.165, 1.54) is 14.0 Å². The molecule has 0 unspecified atom stereocenters. The summed E-state index contributed by atoms with van der Waals surface area (Å²) < 4.78 is 9.97. The smallest absolute Gasteiger partial charge is 0.337 e. The minimum atomic E-state index is -1.57. The van der Waals surface area contributed by atoms with E-state index in [1.807, 2.05) is 19.1 Å². The second-order valence-corrected chi connectivity index (χ2v) is 7.16. The molecular formula is C21H27NO6. The Labute approximate surface area is 164 Å². The van der Waals surface area contributed by atoms with Crippen molar-refractivity contribution in [1.82, 2.24) is 5.32 Å². The van der Waals surface area contributed by atoms with Gasteiger partial charge in [-0.15, -0.1) is 0 Å². The summed E-state index contributed by atoms with van der Waals surface area (Å²) in [4.78, 5) is 36.2. The summed E-state index contributed by atoms with van der Waals surface area (Å²) in [6, 6.07) is 0. The van der Waals surface area contributed by atoms with Gasteiger partial charge in [-0.3, -0.25) is 9.59 Å². The Morgan fingerprint density at radius 2 is 2.00 bits per heavy atom. The first-order chi connectivity index (χ1) is 13.1. The second kappa shape index (κ2) is 8.24. The Hall–Kier alpha value is -2.51. The molecule has 0 aromatic rings. The molecule has 28 heavy (non-hydrogen) atoms. The van der Waals surface area contributed by atoms with E-state index in [0.29, 0.717) is 24.0 Å². The Balaban J connectivity index is 1.90. The fraction of sp³-hybridized carbons (Fsp3) is 0.476. The first kappa shape index (κ1) is 21.8. The molecule has 0 aliphatic carbocycles. The molecule has 0 aromatic carbocycles. The van der Waals surface area contributed by atoms with Crippen molar-refractivity contribution in [1.29, 1.82) is 0 Å². The van der Waals surface area contributed by atoms with Gasteiger partial charge in [0.15, 0.2) is 11.8 Å². The topological polar surface area (TPSA) is 105 Å². The molecule has 2 saturated heterocycles. The van der Waals surface area contributed by atoms with Crippen LogP contribution < -0.4 is 5.32 Å². The number of hydrogen-bond acceptors (Lipinski definition) is 6. The van der Waals surface area contributed by atoms with Crippen LogP contribution in [-0.2, 0) is 23.9 Å². The van der Waals surface area contributed by atoms with Crippen LogP contribution in [0.25, 0.3) is 0 Å². The lowest BCUT2D eigenvalue weighted by atomic mass is 9.93. The lowest BCUT2D eigenvalue weighted by molar-refractivity contribution is -0.137. The van der Waals surface area contributed by atoms with Crippen LogP contribution in [0.1, 0.15) is 40.5 Å². The van der Waals surface area contributed by atoms with E-state index < -0.39 is 29.1 Å². The number of hydrogen-bond donors (Lipinski definition) is 2. The van der Waals surface area contributed by atoms with Gasteiger partial charge in [0.1, 0.15) is 0 Å². The molecule has 7 heteroatoms. The lowest BCUT2D eigenvalue weighted by Crippen LogP contribution is -2.45. The van der Waals surface area contributed by atoms with Gasteiger partial charge in [0.2, 0.25) is 11.4 Å². The van der Waals surface area contributed by atoms with Gasteiger partial charge in [0.05, 0.1) is 12.7 Å². The summed E-state index contributed by atoms with van der Waals surface area (Å²) in [5.41, 5.74) is -1.29. The van der Waals surface area contributed by atoms with Crippen LogP contribution in [0.4, 0.5) is 0 Å². The highest BCUT2D eigenvalue weighted by Crippen LogP contribution is 2.49. The number of ether oxygens (including phenoxy) is 2. The van der Waals surface area contributed by atoms with E-state index in [-0.39, 0.29) is 5.97 Å². The number of rotatable bonds is 8. The number of amides is 1. The number of Topliss-reactive ketones (excluding diaryl/α,β-unsaturated/α-hetero) is 1. The molecule has 3 atom stereocenters. The fourth-order valence-electron chi connectivity index (χ4n) is 3.22. The van der Waals surface area contributed by atoms with Crippen LogP contribution in [0, 0.1) is 0 Å². The van der Waals surface area contributed by atoms with Crippen molar-refractivity contribution in [3.05, 3.63) is 47.1 Å². The van der Waals surface area contributed by atoms with Crippen molar-refractivity contribution in [3.63, 3.8) is 0 Å².